The van der Waals surface area contributed by atoms with Crippen molar-refractivity contribution in [1.29, 1.82) is 0 Å². The van der Waals surface area contributed by atoms with Crippen LogP contribution in [0, 0.1) is 5.92 Å². The molecule has 12 nitrogen and oxygen atoms in total. The predicted molar refractivity (Wildman–Crippen MR) is 148 cm³/mol. The first-order valence-electron chi connectivity index (χ1n) is 12.5. The lowest BCUT2D eigenvalue weighted by molar-refractivity contribution is -0.140. The van der Waals surface area contributed by atoms with Crippen LogP contribution in [0.5, 0.6) is 5.75 Å². The third-order valence-electron chi connectivity index (χ3n) is 5.93. The number of hydrogen-bond donors (Lipinski definition) is 3. The Bertz CT molecular complexity index is 1300. The first kappa shape index (κ1) is 30.3. The van der Waals surface area contributed by atoms with Gasteiger partial charge in [0, 0.05) is 11.3 Å². The van der Waals surface area contributed by atoms with E-state index in [1.165, 1.54) is 29.9 Å². The molecule has 212 valence electrons. The van der Waals surface area contributed by atoms with Gasteiger partial charge in [-0.15, -0.1) is 16.9 Å². The van der Waals surface area contributed by atoms with Crippen LogP contribution in [-0.4, -0.2) is 73.8 Å². The summed E-state index contributed by atoms with van der Waals surface area (Å²) in [6, 6.07) is 12.5. The number of carboxylic acids is 1. The molecule has 0 saturated carbocycles. The number of aromatic nitrogens is 4. The minimum absolute atomic E-state index is 0.0310. The molecule has 0 aliphatic carbocycles. The molecule has 2 atom stereocenters. The lowest BCUT2D eigenvalue weighted by Gasteiger charge is -2.25. The molecule has 13 heteroatoms. The normalized spacial score (nSPS) is 12.4. The van der Waals surface area contributed by atoms with Gasteiger partial charge >= 0.3 is 5.97 Å². The summed E-state index contributed by atoms with van der Waals surface area (Å²) in [6.07, 6.45) is 0.749. The van der Waals surface area contributed by atoms with Crippen LogP contribution in [0.4, 0.5) is 0 Å². The van der Waals surface area contributed by atoms with Crippen molar-refractivity contribution in [3.63, 3.8) is 0 Å². The number of amides is 2. The maximum atomic E-state index is 13.2. The number of aliphatic carboxylic acids is 1. The van der Waals surface area contributed by atoms with Gasteiger partial charge in [0.1, 0.15) is 18.1 Å². The van der Waals surface area contributed by atoms with Crippen molar-refractivity contribution in [2.45, 2.75) is 44.5 Å². The van der Waals surface area contributed by atoms with Crippen LogP contribution in [0.2, 0.25) is 0 Å². The standard InChI is InChI=1S/C27H32N6O6S/c1-17(2)26(30-24(35)12-19-11-20(9-10-23(19)39-3)33-16-28-31-32-33)27(38)29-21(13-25(36)37)22(34)15-40-14-18-7-5-4-6-8-18/h4-11,16-17,21,26H,12-15H2,1-3H3,(H,29,38)(H,30,35)(H,36,37)/t21?,26-/m0/s1. The molecular weight excluding hydrogens is 536 g/mol. The van der Waals surface area contributed by atoms with Gasteiger partial charge in [-0.1, -0.05) is 44.2 Å². The summed E-state index contributed by atoms with van der Waals surface area (Å²) in [4.78, 5) is 50.5. The molecule has 0 fully saturated rings. The monoisotopic (exact) mass is 568 g/mol. The van der Waals surface area contributed by atoms with Crippen molar-refractivity contribution in [1.82, 2.24) is 30.8 Å². The van der Waals surface area contributed by atoms with Gasteiger partial charge in [-0.2, -0.15) is 0 Å². The molecule has 1 unspecified atom stereocenters. The van der Waals surface area contributed by atoms with Crippen LogP contribution in [0.25, 0.3) is 5.69 Å². The van der Waals surface area contributed by atoms with E-state index in [-0.39, 0.29) is 18.1 Å². The third-order valence-corrected chi connectivity index (χ3v) is 6.96. The van der Waals surface area contributed by atoms with Crippen molar-refractivity contribution >= 4 is 35.3 Å². The molecule has 1 aromatic heterocycles. The molecule has 0 aliphatic heterocycles. The summed E-state index contributed by atoms with van der Waals surface area (Å²) in [5.41, 5.74) is 2.19. The van der Waals surface area contributed by atoms with Crippen molar-refractivity contribution in [3.05, 3.63) is 66.0 Å². The highest BCUT2D eigenvalue weighted by Gasteiger charge is 2.30. The summed E-state index contributed by atoms with van der Waals surface area (Å²) in [6.45, 7) is 3.49. The minimum Gasteiger partial charge on any atom is -0.496 e. The number of ketones is 1. The van der Waals surface area contributed by atoms with Gasteiger partial charge in [-0.05, 0) is 40.1 Å². The molecule has 3 rings (SSSR count). The third kappa shape index (κ3) is 8.90. The van der Waals surface area contributed by atoms with Crippen LogP contribution in [0.15, 0.2) is 54.9 Å². The van der Waals surface area contributed by atoms with E-state index in [0.29, 0.717) is 22.8 Å². The molecule has 2 amide bonds. The van der Waals surface area contributed by atoms with Crippen LogP contribution in [0.3, 0.4) is 0 Å². The van der Waals surface area contributed by atoms with E-state index in [4.69, 9.17) is 4.74 Å². The summed E-state index contributed by atoms with van der Waals surface area (Å²) >= 11 is 1.34. The van der Waals surface area contributed by atoms with Crippen LogP contribution >= 0.6 is 11.8 Å². The van der Waals surface area contributed by atoms with Crippen LogP contribution in [-0.2, 0) is 31.4 Å². The molecule has 0 aliphatic rings. The van der Waals surface area contributed by atoms with E-state index in [0.717, 1.165) is 5.56 Å². The molecule has 3 N–H and O–H groups in total. The van der Waals surface area contributed by atoms with Gasteiger partial charge < -0.3 is 20.5 Å². The lowest BCUT2D eigenvalue weighted by Crippen LogP contribution is -2.54. The average Bonchev–Trinajstić information content (AvgIpc) is 3.46. The zero-order valence-electron chi connectivity index (χ0n) is 22.4. The molecule has 1 heterocycles. The molecule has 2 aromatic carbocycles. The number of thioether (sulfide) groups is 1. The molecule has 0 spiro atoms. The van der Waals surface area contributed by atoms with E-state index in [2.05, 4.69) is 26.2 Å². The number of ether oxygens (including phenoxy) is 1. The number of methoxy groups -OCH3 is 1. The Morgan fingerprint density at radius 2 is 1.82 bits per heavy atom. The maximum Gasteiger partial charge on any atom is 0.305 e. The SMILES string of the molecule is COc1ccc(-n2cnnn2)cc1CC(=O)N[C@H](C(=O)NC(CC(=O)O)C(=O)CSCc1ccccc1)C(C)C. The molecule has 0 radical (unpaired) electrons. The fraction of sp³-hybridized carbons (Fsp3) is 0.370. The number of benzene rings is 2. The first-order chi connectivity index (χ1) is 19.2. The second kappa shape index (κ2) is 14.8. The Morgan fingerprint density at radius 1 is 1.07 bits per heavy atom. The second-order valence-electron chi connectivity index (χ2n) is 9.32. The topological polar surface area (TPSA) is 165 Å². The second-order valence-corrected chi connectivity index (χ2v) is 10.3. The van der Waals surface area contributed by atoms with Gasteiger partial charge in [-0.3, -0.25) is 19.2 Å². The van der Waals surface area contributed by atoms with Crippen molar-refractivity contribution < 1.29 is 29.0 Å². The molecule has 0 saturated heterocycles. The van der Waals surface area contributed by atoms with Crippen molar-refractivity contribution in [2.75, 3.05) is 12.9 Å². The summed E-state index contributed by atoms with van der Waals surface area (Å²) in [7, 11) is 1.48. The number of hydrogen-bond acceptors (Lipinski definition) is 9. The van der Waals surface area contributed by atoms with Gasteiger partial charge in [-0.25, -0.2) is 4.68 Å². The highest BCUT2D eigenvalue weighted by atomic mass is 32.2. The maximum absolute atomic E-state index is 13.2. The first-order valence-corrected chi connectivity index (χ1v) is 13.7. The zero-order chi connectivity index (χ0) is 29.1. The Kier molecular flexibility index (Phi) is 11.2. The fourth-order valence-corrected chi connectivity index (χ4v) is 4.82. The number of nitrogens with zero attached hydrogens (tertiary/aromatic N) is 4. The number of nitrogens with one attached hydrogen (secondary N) is 2. The Labute approximate surface area is 235 Å². The Hall–Kier alpha value is -4.26. The number of carboxylic acid groups (broad SMARTS) is 1. The van der Waals surface area contributed by atoms with Gasteiger partial charge in [0.2, 0.25) is 11.8 Å². The van der Waals surface area contributed by atoms with Crippen LogP contribution < -0.4 is 15.4 Å². The van der Waals surface area contributed by atoms with E-state index < -0.39 is 42.1 Å². The number of tetrazole rings is 1. The minimum atomic E-state index is -1.22. The van der Waals surface area contributed by atoms with Crippen molar-refractivity contribution in [2.24, 2.45) is 5.92 Å². The largest absolute Gasteiger partial charge is 0.496 e. The van der Waals surface area contributed by atoms with E-state index in [1.807, 2.05) is 30.3 Å². The number of Topliss-reactive ketones (excluding diaryl/α,β-unsaturated/α-hetero) is 1. The fourth-order valence-electron chi connectivity index (χ4n) is 3.88. The van der Waals surface area contributed by atoms with E-state index >= 15 is 0 Å². The van der Waals surface area contributed by atoms with Gasteiger partial charge in [0.25, 0.3) is 0 Å². The average molecular weight is 569 g/mol. The summed E-state index contributed by atoms with van der Waals surface area (Å²) in [5, 5.41) is 25.7. The Morgan fingerprint density at radius 3 is 2.45 bits per heavy atom. The molecule has 0 bridgehead atoms. The number of carbonyl (C=O) groups is 4. The van der Waals surface area contributed by atoms with Crippen molar-refractivity contribution in [3.8, 4) is 11.4 Å². The van der Waals surface area contributed by atoms with Gasteiger partial charge in [0.15, 0.2) is 5.78 Å². The summed E-state index contributed by atoms with van der Waals surface area (Å²) < 4.78 is 6.81. The van der Waals surface area contributed by atoms with E-state index in [1.54, 1.807) is 32.0 Å². The molecule has 3 aromatic rings. The molecular formula is C27H32N6O6S. The number of carbonyl (C=O) groups excluding carboxylic acids is 3. The smallest absolute Gasteiger partial charge is 0.305 e. The summed E-state index contributed by atoms with van der Waals surface area (Å²) in [5.74, 6) is -1.98. The van der Waals surface area contributed by atoms with E-state index in [9.17, 15) is 24.3 Å². The highest BCUT2D eigenvalue weighted by Crippen LogP contribution is 2.22. The highest BCUT2D eigenvalue weighted by molar-refractivity contribution is 7.99. The number of rotatable bonds is 15. The lowest BCUT2D eigenvalue weighted by atomic mass is 10.0. The predicted octanol–water partition coefficient (Wildman–Crippen LogP) is 1.82. The van der Waals surface area contributed by atoms with Crippen LogP contribution in [0.1, 0.15) is 31.4 Å². The van der Waals surface area contributed by atoms with Gasteiger partial charge in [0.05, 0.1) is 37.4 Å². The molecule has 40 heavy (non-hydrogen) atoms. The zero-order valence-corrected chi connectivity index (χ0v) is 23.3. The Balaban J connectivity index is 1.65. The quantitative estimate of drug-likeness (QED) is 0.246.